The molecule has 148 valence electrons. The van der Waals surface area contributed by atoms with Gasteiger partial charge in [0.15, 0.2) is 0 Å². The summed E-state index contributed by atoms with van der Waals surface area (Å²) in [5, 5.41) is 2.69. The lowest BCUT2D eigenvalue weighted by Gasteiger charge is -2.35. The van der Waals surface area contributed by atoms with E-state index in [9.17, 15) is 18.4 Å². The number of nitrogens with one attached hydrogen (secondary N) is 1. The van der Waals surface area contributed by atoms with Crippen molar-refractivity contribution in [3.8, 4) is 0 Å². The molecule has 1 aromatic carbocycles. The highest BCUT2D eigenvalue weighted by Gasteiger charge is 2.32. The van der Waals surface area contributed by atoms with Gasteiger partial charge in [0.05, 0.1) is 11.6 Å². The lowest BCUT2D eigenvalue weighted by atomic mass is 10.00. The molecule has 0 radical (unpaired) electrons. The number of pyridine rings is 1. The summed E-state index contributed by atoms with van der Waals surface area (Å²) in [6, 6.07) is 5.03. The monoisotopic (exact) mass is 388 g/mol. The van der Waals surface area contributed by atoms with Gasteiger partial charge in [0, 0.05) is 37.1 Å². The van der Waals surface area contributed by atoms with Crippen molar-refractivity contribution < 1.29 is 18.4 Å². The van der Waals surface area contributed by atoms with Crippen LogP contribution in [-0.2, 0) is 4.79 Å². The van der Waals surface area contributed by atoms with Gasteiger partial charge in [-0.1, -0.05) is 6.07 Å². The predicted octanol–water partition coefficient (Wildman–Crippen LogP) is 2.17. The fourth-order valence-corrected chi connectivity index (χ4v) is 3.34. The molecule has 0 spiro atoms. The van der Waals surface area contributed by atoms with Gasteiger partial charge < -0.3 is 16.0 Å². The topological polar surface area (TPSA) is 88.3 Å². The summed E-state index contributed by atoms with van der Waals surface area (Å²) in [4.78, 5) is 30.9. The molecule has 2 amide bonds. The summed E-state index contributed by atoms with van der Waals surface area (Å²) in [7, 11) is 0. The zero-order valence-corrected chi connectivity index (χ0v) is 15.3. The molecule has 1 aliphatic heterocycles. The molecule has 3 N–H and O–H groups in total. The number of amides is 2. The third-order valence-electron chi connectivity index (χ3n) is 4.83. The summed E-state index contributed by atoms with van der Waals surface area (Å²) in [6.07, 6.45) is 5.23. The Morgan fingerprint density at radius 2 is 2.11 bits per heavy atom. The largest absolute Gasteiger partial charge is 0.352 e. The number of benzene rings is 1. The number of carbonyl (C=O) groups excluding carboxylic acids is 2. The number of likely N-dealkylation sites (tertiary alicyclic amines) is 1. The minimum absolute atomic E-state index is 0.0210. The van der Waals surface area contributed by atoms with Crippen molar-refractivity contribution in [2.24, 2.45) is 5.73 Å². The first-order chi connectivity index (χ1) is 13.5. The molecule has 1 aliphatic rings. The van der Waals surface area contributed by atoms with Crippen LogP contribution in [-0.4, -0.2) is 40.8 Å². The number of rotatable bonds is 5. The van der Waals surface area contributed by atoms with Gasteiger partial charge in [-0.15, -0.1) is 0 Å². The Balaban J connectivity index is 1.65. The molecule has 0 aliphatic carbocycles. The normalized spacial score (nSPS) is 17.8. The van der Waals surface area contributed by atoms with Crippen molar-refractivity contribution in [1.82, 2.24) is 15.2 Å². The van der Waals surface area contributed by atoms with E-state index in [4.69, 9.17) is 5.73 Å². The summed E-state index contributed by atoms with van der Waals surface area (Å²) in [5.41, 5.74) is 6.49. The summed E-state index contributed by atoms with van der Waals surface area (Å²) in [5.74, 6) is -2.03. The molecule has 2 unspecified atom stereocenters. The number of hydrogen-bond acceptors (Lipinski definition) is 4. The summed E-state index contributed by atoms with van der Waals surface area (Å²) in [6.45, 7) is 0.456. The van der Waals surface area contributed by atoms with E-state index in [1.165, 1.54) is 12.3 Å². The number of halogens is 2. The molecule has 0 bridgehead atoms. The molecule has 2 atom stereocenters. The van der Waals surface area contributed by atoms with E-state index in [1.807, 2.05) is 0 Å². The Hall–Kier alpha value is -2.87. The molecule has 2 heterocycles. The van der Waals surface area contributed by atoms with Crippen molar-refractivity contribution in [3.63, 3.8) is 0 Å². The molecule has 1 fully saturated rings. The third kappa shape index (κ3) is 4.51. The maximum absolute atomic E-state index is 13.8. The van der Waals surface area contributed by atoms with Crippen LogP contribution < -0.4 is 11.1 Å². The molecule has 2 aromatic rings. The smallest absolute Gasteiger partial charge is 0.256 e. The van der Waals surface area contributed by atoms with Crippen molar-refractivity contribution in [2.45, 2.75) is 31.3 Å². The molecule has 8 heteroatoms. The Kier molecular flexibility index (Phi) is 6.30. The predicted molar refractivity (Wildman–Crippen MR) is 99.2 cm³/mol. The molecular formula is C20H22F2N4O2. The molecule has 0 saturated carbocycles. The second-order valence-electron chi connectivity index (χ2n) is 6.77. The number of nitrogens with two attached hydrogens (primary N) is 1. The Labute approximate surface area is 161 Å². The molecule has 1 saturated heterocycles. The SMILES string of the molecule is NC(CNC(=O)C1CCCCN1C(=O)c1cccnc1)c1ccc(F)cc1F. The van der Waals surface area contributed by atoms with Gasteiger partial charge in [-0.05, 0) is 37.5 Å². The van der Waals surface area contributed by atoms with Crippen LogP contribution in [0.15, 0.2) is 42.7 Å². The average Bonchev–Trinajstić information content (AvgIpc) is 2.72. The first-order valence-corrected chi connectivity index (χ1v) is 9.16. The minimum atomic E-state index is -0.824. The summed E-state index contributed by atoms with van der Waals surface area (Å²) >= 11 is 0. The Morgan fingerprint density at radius 1 is 1.29 bits per heavy atom. The highest BCUT2D eigenvalue weighted by molar-refractivity contribution is 5.97. The Morgan fingerprint density at radius 3 is 2.82 bits per heavy atom. The fraction of sp³-hybridized carbons (Fsp3) is 0.350. The molecule has 6 nitrogen and oxygen atoms in total. The van der Waals surface area contributed by atoms with E-state index in [0.717, 1.165) is 25.0 Å². The number of nitrogens with zero attached hydrogens (tertiary/aromatic N) is 2. The fourth-order valence-electron chi connectivity index (χ4n) is 3.34. The average molecular weight is 388 g/mol. The number of aromatic nitrogens is 1. The van der Waals surface area contributed by atoms with E-state index in [-0.39, 0.29) is 23.9 Å². The second kappa shape index (κ2) is 8.88. The maximum atomic E-state index is 13.8. The van der Waals surface area contributed by atoms with Crippen LogP contribution in [0.2, 0.25) is 0 Å². The van der Waals surface area contributed by atoms with Crippen molar-refractivity contribution in [3.05, 3.63) is 65.5 Å². The van der Waals surface area contributed by atoms with Crippen LogP contribution in [0.3, 0.4) is 0 Å². The number of hydrogen-bond donors (Lipinski definition) is 2. The minimum Gasteiger partial charge on any atom is -0.352 e. The molecule has 1 aromatic heterocycles. The van der Waals surface area contributed by atoms with E-state index < -0.39 is 23.7 Å². The number of piperidine rings is 1. The molecule has 3 rings (SSSR count). The second-order valence-corrected chi connectivity index (χ2v) is 6.77. The van der Waals surface area contributed by atoms with Gasteiger partial charge in [-0.2, -0.15) is 0 Å². The van der Waals surface area contributed by atoms with Gasteiger partial charge in [-0.3, -0.25) is 14.6 Å². The van der Waals surface area contributed by atoms with E-state index >= 15 is 0 Å². The maximum Gasteiger partial charge on any atom is 0.256 e. The van der Waals surface area contributed by atoms with Crippen molar-refractivity contribution in [2.75, 3.05) is 13.1 Å². The van der Waals surface area contributed by atoms with Crippen molar-refractivity contribution in [1.29, 1.82) is 0 Å². The first-order valence-electron chi connectivity index (χ1n) is 9.16. The third-order valence-corrected chi connectivity index (χ3v) is 4.83. The lowest BCUT2D eigenvalue weighted by Crippen LogP contribution is -2.52. The first kappa shape index (κ1) is 19.9. The van der Waals surface area contributed by atoms with Gasteiger partial charge >= 0.3 is 0 Å². The lowest BCUT2D eigenvalue weighted by molar-refractivity contribution is -0.126. The quantitative estimate of drug-likeness (QED) is 0.822. The molecule has 28 heavy (non-hydrogen) atoms. The van der Waals surface area contributed by atoms with Gasteiger partial charge in [-0.25, -0.2) is 8.78 Å². The van der Waals surface area contributed by atoms with Crippen LogP contribution in [0.1, 0.15) is 41.2 Å². The van der Waals surface area contributed by atoms with Crippen LogP contribution in [0.4, 0.5) is 8.78 Å². The van der Waals surface area contributed by atoms with Crippen LogP contribution in [0.25, 0.3) is 0 Å². The zero-order chi connectivity index (χ0) is 20.1. The van der Waals surface area contributed by atoms with Crippen molar-refractivity contribution >= 4 is 11.8 Å². The van der Waals surface area contributed by atoms with E-state index in [0.29, 0.717) is 18.5 Å². The summed E-state index contributed by atoms with van der Waals surface area (Å²) < 4.78 is 26.9. The highest BCUT2D eigenvalue weighted by atomic mass is 19.1. The number of carbonyl (C=O) groups is 2. The van der Waals surface area contributed by atoms with Crippen LogP contribution >= 0.6 is 0 Å². The van der Waals surface area contributed by atoms with Crippen LogP contribution in [0.5, 0.6) is 0 Å². The van der Waals surface area contributed by atoms with Gasteiger partial charge in [0.1, 0.15) is 17.7 Å². The molecular weight excluding hydrogens is 366 g/mol. The Bertz CT molecular complexity index is 847. The van der Waals surface area contributed by atoms with Gasteiger partial charge in [0.2, 0.25) is 5.91 Å². The van der Waals surface area contributed by atoms with E-state index in [1.54, 1.807) is 23.2 Å². The standard InChI is InChI=1S/C20H22F2N4O2/c21-14-6-7-15(16(22)10-14)17(23)12-25-19(27)18-5-1-2-9-26(18)20(28)13-4-3-8-24-11-13/h3-4,6-8,10-11,17-18H,1-2,5,9,12,23H2,(H,25,27). The van der Waals surface area contributed by atoms with Crippen LogP contribution in [0, 0.1) is 11.6 Å². The van der Waals surface area contributed by atoms with E-state index in [2.05, 4.69) is 10.3 Å². The van der Waals surface area contributed by atoms with Gasteiger partial charge in [0.25, 0.3) is 5.91 Å². The highest BCUT2D eigenvalue weighted by Crippen LogP contribution is 2.20. The zero-order valence-electron chi connectivity index (χ0n) is 15.3.